The van der Waals surface area contributed by atoms with E-state index in [1.807, 2.05) is 4.90 Å². The molecule has 0 unspecified atom stereocenters. The van der Waals surface area contributed by atoms with Crippen LogP contribution in [0.2, 0.25) is 0 Å². The van der Waals surface area contributed by atoms with Gasteiger partial charge in [0.2, 0.25) is 0 Å². The summed E-state index contributed by atoms with van der Waals surface area (Å²) in [5.74, 6) is 0.958. The quantitative estimate of drug-likeness (QED) is 0.411. The van der Waals surface area contributed by atoms with Crippen molar-refractivity contribution in [2.75, 3.05) is 32.4 Å². The zero-order valence-corrected chi connectivity index (χ0v) is 18.9. The van der Waals surface area contributed by atoms with Gasteiger partial charge in [-0.1, -0.05) is 29.3 Å². The third-order valence-corrected chi connectivity index (χ3v) is 7.07. The molecule has 1 aromatic carbocycles. The van der Waals surface area contributed by atoms with E-state index in [4.69, 9.17) is 0 Å². The van der Waals surface area contributed by atoms with Crippen molar-refractivity contribution in [1.82, 2.24) is 10.2 Å². The lowest BCUT2D eigenvalue weighted by Gasteiger charge is -2.39. The Labute approximate surface area is 169 Å². The Bertz CT molecular complexity index is 710. The Balaban J connectivity index is 0.00000312. The number of hydrogen-bond acceptors (Lipinski definition) is 3. The van der Waals surface area contributed by atoms with Crippen LogP contribution in [0.5, 0.6) is 0 Å². The molecule has 0 radical (unpaired) electrons. The van der Waals surface area contributed by atoms with Crippen molar-refractivity contribution in [3.63, 3.8) is 0 Å². The Hall–Kier alpha value is -0.830. The summed E-state index contributed by atoms with van der Waals surface area (Å²) in [6.07, 6.45) is 0.914. The molecule has 5 nitrogen and oxygen atoms in total. The van der Waals surface area contributed by atoms with E-state index in [-0.39, 0.29) is 29.7 Å². The van der Waals surface area contributed by atoms with Crippen LogP contribution in [0.3, 0.4) is 0 Å². The Kier molecular flexibility index (Phi) is 7.73. The summed E-state index contributed by atoms with van der Waals surface area (Å²) in [6.45, 7) is 9.54. The number of aryl methyl sites for hydroxylation is 2. The minimum Gasteiger partial charge on any atom is -0.356 e. The van der Waals surface area contributed by atoms with Crippen LogP contribution in [0.4, 0.5) is 0 Å². The number of guanidine groups is 1. The maximum Gasteiger partial charge on any atom is 0.193 e. The number of nitrogens with one attached hydrogen (secondary N) is 1. The highest BCUT2D eigenvalue weighted by Crippen LogP contribution is 2.23. The molecule has 0 aliphatic carbocycles. The monoisotopic (exact) mass is 479 g/mol. The molecular formula is C18H30IN3O2S. The normalized spacial score (nSPS) is 19.2. The summed E-state index contributed by atoms with van der Waals surface area (Å²) in [6, 6.07) is 6.58. The van der Waals surface area contributed by atoms with E-state index in [2.05, 4.69) is 42.4 Å². The minimum absolute atomic E-state index is 0. The summed E-state index contributed by atoms with van der Waals surface area (Å²) >= 11 is 0. The number of halogens is 1. The average molecular weight is 479 g/mol. The zero-order valence-electron chi connectivity index (χ0n) is 15.8. The second-order valence-electron chi connectivity index (χ2n) is 7.22. The maximum atomic E-state index is 12.1. The molecule has 1 saturated heterocycles. The summed E-state index contributed by atoms with van der Waals surface area (Å²) in [5.41, 5.74) is 3.85. The first-order valence-electron chi connectivity index (χ1n) is 8.40. The summed E-state index contributed by atoms with van der Waals surface area (Å²) in [4.78, 5) is 6.37. The molecule has 0 aromatic heterocycles. The Morgan fingerprint density at radius 1 is 1.24 bits per heavy atom. The molecule has 1 aliphatic rings. The highest BCUT2D eigenvalue weighted by atomic mass is 127. The van der Waals surface area contributed by atoms with Crippen LogP contribution in [0, 0.1) is 13.8 Å². The first-order chi connectivity index (χ1) is 11.1. The van der Waals surface area contributed by atoms with Gasteiger partial charge in [0.1, 0.15) is 0 Å². The molecule has 1 fully saturated rings. The van der Waals surface area contributed by atoms with Gasteiger partial charge in [0.15, 0.2) is 15.8 Å². The summed E-state index contributed by atoms with van der Waals surface area (Å²) < 4.78 is 23.5. The van der Waals surface area contributed by atoms with Crippen molar-refractivity contribution in [2.24, 2.45) is 4.99 Å². The van der Waals surface area contributed by atoms with E-state index < -0.39 is 14.6 Å². The van der Waals surface area contributed by atoms with Crippen molar-refractivity contribution in [3.05, 3.63) is 34.9 Å². The number of sulfone groups is 1. The molecule has 2 rings (SSSR count). The molecule has 1 heterocycles. The molecule has 0 amide bonds. The van der Waals surface area contributed by atoms with Gasteiger partial charge in [0.25, 0.3) is 0 Å². The highest BCUT2D eigenvalue weighted by molar-refractivity contribution is 14.0. The molecular weight excluding hydrogens is 449 g/mol. The predicted octanol–water partition coefficient (Wildman–Crippen LogP) is 2.55. The topological polar surface area (TPSA) is 61.8 Å². The first-order valence-corrected chi connectivity index (χ1v) is 10.0. The second kappa shape index (κ2) is 8.70. The molecule has 0 atom stereocenters. The van der Waals surface area contributed by atoms with E-state index in [0.29, 0.717) is 13.1 Å². The van der Waals surface area contributed by atoms with Gasteiger partial charge in [-0.25, -0.2) is 8.42 Å². The van der Waals surface area contributed by atoms with Gasteiger partial charge in [0, 0.05) is 26.7 Å². The van der Waals surface area contributed by atoms with Crippen LogP contribution in [0.15, 0.2) is 23.2 Å². The first kappa shape index (κ1) is 22.2. The average Bonchev–Trinajstić information content (AvgIpc) is 2.46. The van der Waals surface area contributed by atoms with Crippen molar-refractivity contribution in [3.8, 4) is 0 Å². The van der Waals surface area contributed by atoms with E-state index in [9.17, 15) is 8.42 Å². The van der Waals surface area contributed by atoms with Gasteiger partial charge in [-0.05, 0) is 39.7 Å². The molecule has 142 valence electrons. The molecule has 25 heavy (non-hydrogen) atoms. The maximum absolute atomic E-state index is 12.1. The molecule has 0 bridgehead atoms. The van der Waals surface area contributed by atoms with Crippen LogP contribution in [-0.2, 0) is 16.3 Å². The molecule has 0 saturated carbocycles. The molecule has 1 aliphatic heterocycles. The van der Waals surface area contributed by atoms with Crippen molar-refractivity contribution in [1.29, 1.82) is 0 Å². The Morgan fingerprint density at radius 2 is 1.84 bits per heavy atom. The molecule has 1 aromatic rings. The van der Waals surface area contributed by atoms with Crippen LogP contribution < -0.4 is 5.32 Å². The number of benzene rings is 1. The molecule has 0 spiro atoms. The zero-order chi connectivity index (χ0) is 18.0. The SMILES string of the molecule is CN=C(NCCc1cc(C)cc(C)c1)N1CCS(=O)(=O)C(C)(C)C1.I. The third-order valence-electron chi connectivity index (χ3n) is 4.53. The van der Waals surface area contributed by atoms with Crippen molar-refractivity contribution >= 4 is 39.8 Å². The van der Waals surface area contributed by atoms with Gasteiger partial charge >= 0.3 is 0 Å². The number of rotatable bonds is 3. The fourth-order valence-electron chi connectivity index (χ4n) is 3.19. The second-order valence-corrected chi connectivity index (χ2v) is 9.96. The number of aliphatic imine (C=N–C) groups is 1. The highest BCUT2D eigenvalue weighted by Gasteiger charge is 2.40. The number of nitrogens with zero attached hydrogens (tertiary/aromatic N) is 2. The van der Waals surface area contributed by atoms with Crippen molar-refractivity contribution in [2.45, 2.75) is 38.9 Å². The van der Waals surface area contributed by atoms with Gasteiger partial charge in [-0.2, -0.15) is 0 Å². The smallest absolute Gasteiger partial charge is 0.193 e. The van der Waals surface area contributed by atoms with E-state index >= 15 is 0 Å². The predicted molar refractivity (Wildman–Crippen MR) is 116 cm³/mol. The fraction of sp³-hybridized carbons (Fsp3) is 0.611. The van der Waals surface area contributed by atoms with Gasteiger partial charge < -0.3 is 10.2 Å². The molecule has 1 N–H and O–H groups in total. The largest absolute Gasteiger partial charge is 0.356 e. The lowest BCUT2D eigenvalue weighted by Crippen LogP contribution is -2.57. The fourth-order valence-corrected chi connectivity index (χ4v) is 4.55. The minimum atomic E-state index is -3.03. The molecule has 7 heteroatoms. The van der Waals surface area contributed by atoms with Gasteiger partial charge in [-0.3, -0.25) is 4.99 Å². The van der Waals surface area contributed by atoms with E-state index in [1.165, 1.54) is 16.7 Å². The van der Waals surface area contributed by atoms with E-state index in [0.717, 1.165) is 18.9 Å². The van der Waals surface area contributed by atoms with Crippen LogP contribution in [0.25, 0.3) is 0 Å². The van der Waals surface area contributed by atoms with E-state index in [1.54, 1.807) is 20.9 Å². The third kappa shape index (κ3) is 5.57. The standard InChI is InChI=1S/C18H29N3O2S.HI/c1-14-10-15(2)12-16(11-14)6-7-20-17(19-5)21-8-9-24(22,23)18(3,4)13-21;/h10-12H,6-9,13H2,1-5H3,(H,19,20);1H. The summed E-state index contributed by atoms with van der Waals surface area (Å²) in [7, 11) is -1.29. The lowest BCUT2D eigenvalue weighted by molar-refractivity contribution is 0.353. The van der Waals surface area contributed by atoms with Crippen LogP contribution >= 0.6 is 24.0 Å². The summed E-state index contributed by atoms with van der Waals surface area (Å²) in [5, 5.41) is 3.37. The lowest BCUT2D eigenvalue weighted by atomic mass is 10.1. The van der Waals surface area contributed by atoms with Crippen LogP contribution in [-0.4, -0.2) is 56.5 Å². The number of hydrogen-bond donors (Lipinski definition) is 1. The van der Waals surface area contributed by atoms with Crippen molar-refractivity contribution < 1.29 is 8.42 Å². The van der Waals surface area contributed by atoms with Gasteiger partial charge in [-0.15, -0.1) is 24.0 Å². The van der Waals surface area contributed by atoms with Gasteiger partial charge in [0.05, 0.1) is 10.5 Å². The Morgan fingerprint density at radius 3 is 2.36 bits per heavy atom. The van der Waals surface area contributed by atoms with Crippen LogP contribution in [0.1, 0.15) is 30.5 Å².